The minimum atomic E-state index is -0.595. The SMILES string of the molecule is CCOC(=O)CC(=O)Nc1cc(-n2cnnn2)ccc1Cl. The van der Waals surface area contributed by atoms with Crippen molar-refractivity contribution < 1.29 is 14.3 Å². The van der Waals surface area contributed by atoms with Crippen LogP contribution in [-0.2, 0) is 14.3 Å². The van der Waals surface area contributed by atoms with Gasteiger partial charge in [-0.25, -0.2) is 4.68 Å². The van der Waals surface area contributed by atoms with E-state index in [1.165, 1.54) is 11.0 Å². The number of nitrogens with zero attached hydrogens (tertiary/aromatic N) is 4. The van der Waals surface area contributed by atoms with Crippen molar-refractivity contribution in [3.8, 4) is 5.69 Å². The van der Waals surface area contributed by atoms with Crippen LogP contribution in [0.5, 0.6) is 0 Å². The van der Waals surface area contributed by atoms with Crippen molar-refractivity contribution in [3.63, 3.8) is 0 Å². The lowest BCUT2D eigenvalue weighted by molar-refractivity contribution is -0.145. The van der Waals surface area contributed by atoms with Gasteiger partial charge in [0.25, 0.3) is 0 Å². The van der Waals surface area contributed by atoms with Crippen molar-refractivity contribution in [2.75, 3.05) is 11.9 Å². The summed E-state index contributed by atoms with van der Waals surface area (Å²) in [7, 11) is 0. The van der Waals surface area contributed by atoms with Crippen molar-refractivity contribution in [3.05, 3.63) is 29.5 Å². The summed E-state index contributed by atoms with van der Waals surface area (Å²) >= 11 is 6.01. The Morgan fingerprint density at radius 1 is 1.43 bits per heavy atom. The summed E-state index contributed by atoms with van der Waals surface area (Å²) in [5.41, 5.74) is 0.981. The number of nitrogens with one attached hydrogen (secondary N) is 1. The van der Waals surface area contributed by atoms with E-state index in [4.69, 9.17) is 16.3 Å². The van der Waals surface area contributed by atoms with Gasteiger partial charge in [-0.15, -0.1) is 5.10 Å². The fraction of sp³-hybridized carbons (Fsp3) is 0.250. The van der Waals surface area contributed by atoms with Gasteiger partial charge in [0.15, 0.2) is 0 Å². The molecule has 21 heavy (non-hydrogen) atoms. The van der Waals surface area contributed by atoms with Crippen LogP contribution in [0.1, 0.15) is 13.3 Å². The quantitative estimate of drug-likeness (QED) is 0.658. The van der Waals surface area contributed by atoms with Gasteiger partial charge in [0.05, 0.1) is 23.0 Å². The standard InChI is InChI=1S/C12H12ClN5O3/c1-2-21-12(20)6-11(19)15-10-5-8(3-4-9(10)13)18-7-14-16-17-18/h3-5,7H,2,6H2,1H3,(H,15,19). The van der Waals surface area contributed by atoms with Crippen LogP contribution in [0.3, 0.4) is 0 Å². The number of rotatable bonds is 5. The summed E-state index contributed by atoms with van der Waals surface area (Å²) in [6.07, 6.45) is 1.03. The van der Waals surface area contributed by atoms with Gasteiger partial charge in [0.2, 0.25) is 5.91 Å². The molecule has 0 saturated carbocycles. The van der Waals surface area contributed by atoms with E-state index in [0.29, 0.717) is 16.4 Å². The first-order chi connectivity index (χ1) is 10.1. The maximum atomic E-state index is 11.7. The number of ether oxygens (including phenoxy) is 1. The lowest BCUT2D eigenvalue weighted by Gasteiger charge is -2.09. The topological polar surface area (TPSA) is 99.0 Å². The van der Waals surface area contributed by atoms with Crippen LogP contribution in [0.15, 0.2) is 24.5 Å². The molecule has 1 amide bonds. The summed E-state index contributed by atoms with van der Waals surface area (Å²) in [6.45, 7) is 1.89. The second kappa shape index (κ2) is 6.80. The highest BCUT2D eigenvalue weighted by Gasteiger charge is 2.13. The number of hydrogen-bond acceptors (Lipinski definition) is 6. The number of tetrazole rings is 1. The van der Waals surface area contributed by atoms with E-state index in [-0.39, 0.29) is 13.0 Å². The highest BCUT2D eigenvalue weighted by atomic mass is 35.5. The number of aromatic nitrogens is 4. The molecule has 8 nitrogen and oxygen atoms in total. The van der Waals surface area contributed by atoms with Gasteiger partial charge < -0.3 is 10.1 Å². The van der Waals surface area contributed by atoms with Gasteiger partial charge in [-0.3, -0.25) is 9.59 Å². The van der Waals surface area contributed by atoms with Crippen LogP contribution in [0.2, 0.25) is 5.02 Å². The molecule has 0 saturated heterocycles. The molecule has 9 heteroatoms. The largest absolute Gasteiger partial charge is 0.466 e. The van der Waals surface area contributed by atoms with Crippen LogP contribution in [0, 0.1) is 0 Å². The maximum absolute atomic E-state index is 11.7. The summed E-state index contributed by atoms with van der Waals surface area (Å²) in [4.78, 5) is 23.0. The van der Waals surface area contributed by atoms with Gasteiger partial charge in [-0.2, -0.15) is 0 Å². The van der Waals surface area contributed by atoms with Gasteiger partial charge in [0, 0.05) is 0 Å². The molecule has 2 aromatic rings. The Morgan fingerprint density at radius 3 is 2.90 bits per heavy atom. The molecule has 0 unspecified atom stereocenters. The van der Waals surface area contributed by atoms with E-state index in [0.717, 1.165) is 0 Å². The third-order valence-corrected chi connectivity index (χ3v) is 2.78. The molecular weight excluding hydrogens is 298 g/mol. The zero-order valence-corrected chi connectivity index (χ0v) is 11.9. The first kappa shape index (κ1) is 14.9. The molecule has 0 fully saturated rings. The minimum absolute atomic E-state index is 0.224. The van der Waals surface area contributed by atoms with Gasteiger partial charge >= 0.3 is 5.97 Å². The average molecular weight is 310 g/mol. The van der Waals surface area contributed by atoms with Gasteiger partial charge in [-0.05, 0) is 35.5 Å². The van der Waals surface area contributed by atoms with Crippen molar-refractivity contribution in [2.45, 2.75) is 13.3 Å². The van der Waals surface area contributed by atoms with E-state index < -0.39 is 11.9 Å². The molecule has 110 valence electrons. The first-order valence-electron chi connectivity index (χ1n) is 6.08. The molecule has 1 heterocycles. The normalized spacial score (nSPS) is 10.2. The number of carbonyl (C=O) groups excluding carboxylic acids is 2. The number of anilines is 1. The summed E-state index contributed by atoms with van der Waals surface area (Å²) in [5.74, 6) is -1.10. The second-order valence-electron chi connectivity index (χ2n) is 3.95. The third-order valence-electron chi connectivity index (χ3n) is 2.45. The molecule has 0 bridgehead atoms. The molecule has 1 aromatic carbocycles. The number of benzene rings is 1. The summed E-state index contributed by atoms with van der Waals surface area (Å²) < 4.78 is 6.11. The molecule has 0 aliphatic heterocycles. The molecule has 0 atom stereocenters. The zero-order chi connectivity index (χ0) is 15.2. The van der Waals surface area contributed by atoms with Crippen LogP contribution < -0.4 is 5.32 Å². The van der Waals surface area contributed by atoms with Crippen LogP contribution >= 0.6 is 11.6 Å². The average Bonchev–Trinajstić information content (AvgIpc) is 2.95. The van der Waals surface area contributed by atoms with E-state index in [2.05, 4.69) is 20.8 Å². The predicted molar refractivity (Wildman–Crippen MR) is 74.0 cm³/mol. The molecule has 1 N–H and O–H groups in total. The fourth-order valence-electron chi connectivity index (χ4n) is 1.57. The number of carbonyl (C=O) groups is 2. The number of amides is 1. The van der Waals surface area contributed by atoms with Gasteiger partial charge in [-0.1, -0.05) is 11.6 Å². The minimum Gasteiger partial charge on any atom is -0.466 e. The number of halogens is 1. The molecule has 2 rings (SSSR count). The molecule has 0 aliphatic rings. The van der Waals surface area contributed by atoms with E-state index in [1.54, 1.807) is 25.1 Å². The van der Waals surface area contributed by atoms with E-state index in [1.807, 2.05) is 0 Å². The Balaban J connectivity index is 2.11. The summed E-state index contributed by atoms with van der Waals surface area (Å²) in [5, 5.41) is 13.7. The van der Waals surface area contributed by atoms with Crippen LogP contribution in [-0.4, -0.2) is 38.7 Å². The molecule has 0 aliphatic carbocycles. The van der Waals surface area contributed by atoms with E-state index in [9.17, 15) is 9.59 Å². The van der Waals surface area contributed by atoms with Crippen molar-refractivity contribution in [1.82, 2.24) is 20.2 Å². The lowest BCUT2D eigenvalue weighted by Crippen LogP contribution is -2.18. The maximum Gasteiger partial charge on any atom is 0.315 e. The molecule has 0 spiro atoms. The van der Waals surface area contributed by atoms with Crippen molar-refractivity contribution in [1.29, 1.82) is 0 Å². The van der Waals surface area contributed by atoms with E-state index >= 15 is 0 Å². The van der Waals surface area contributed by atoms with Crippen molar-refractivity contribution >= 4 is 29.2 Å². The third kappa shape index (κ3) is 3.99. The monoisotopic (exact) mass is 309 g/mol. The van der Waals surface area contributed by atoms with Crippen LogP contribution in [0.25, 0.3) is 5.69 Å². The number of esters is 1. The molecular formula is C12H12ClN5O3. The zero-order valence-electron chi connectivity index (χ0n) is 11.1. The number of hydrogen-bond donors (Lipinski definition) is 1. The Kier molecular flexibility index (Phi) is 4.83. The first-order valence-corrected chi connectivity index (χ1v) is 6.46. The predicted octanol–water partition coefficient (Wildman–Crippen LogP) is 1.21. The molecule has 1 aromatic heterocycles. The van der Waals surface area contributed by atoms with Crippen LogP contribution in [0.4, 0.5) is 5.69 Å². The van der Waals surface area contributed by atoms with Gasteiger partial charge in [0.1, 0.15) is 12.7 Å². The summed E-state index contributed by atoms with van der Waals surface area (Å²) in [6, 6.07) is 4.89. The fourth-order valence-corrected chi connectivity index (χ4v) is 1.73. The highest BCUT2D eigenvalue weighted by Crippen LogP contribution is 2.24. The Bertz CT molecular complexity index is 644. The van der Waals surface area contributed by atoms with Crippen molar-refractivity contribution in [2.24, 2.45) is 0 Å². The highest BCUT2D eigenvalue weighted by molar-refractivity contribution is 6.33. The molecule has 0 radical (unpaired) electrons. The smallest absolute Gasteiger partial charge is 0.315 e. The Hall–Kier alpha value is -2.48. The Morgan fingerprint density at radius 2 is 2.24 bits per heavy atom. The Labute approximate surface area is 125 Å². The lowest BCUT2D eigenvalue weighted by atomic mass is 10.2. The second-order valence-corrected chi connectivity index (χ2v) is 4.36.